The van der Waals surface area contributed by atoms with E-state index in [1.54, 1.807) is 35.6 Å². The van der Waals surface area contributed by atoms with E-state index >= 15 is 0 Å². The van der Waals surface area contributed by atoms with E-state index in [2.05, 4.69) is 36.4 Å². The molecule has 0 fully saturated rings. The number of ether oxygens (including phenoxy) is 1. The minimum absolute atomic E-state index is 0.214. The van der Waals surface area contributed by atoms with Crippen LogP contribution in [-0.4, -0.2) is 33.5 Å². The molecule has 1 aromatic carbocycles. The number of esters is 1. The summed E-state index contributed by atoms with van der Waals surface area (Å²) < 4.78 is 6.22. The van der Waals surface area contributed by atoms with Gasteiger partial charge in [0.05, 0.1) is 17.6 Å². The van der Waals surface area contributed by atoms with Crippen molar-refractivity contribution in [2.24, 2.45) is 11.3 Å². The lowest BCUT2D eigenvalue weighted by Gasteiger charge is -2.33. The van der Waals surface area contributed by atoms with E-state index < -0.39 is 11.9 Å². The molecular formula is C25H30N4O4S. The van der Waals surface area contributed by atoms with Crippen LogP contribution in [0.1, 0.15) is 61.3 Å². The van der Waals surface area contributed by atoms with Gasteiger partial charge in [0.1, 0.15) is 6.54 Å². The van der Waals surface area contributed by atoms with Crippen molar-refractivity contribution in [1.82, 2.24) is 15.0 Å². The molecule has 0 spiro atoms. The second-order valence-corrected chi connectivity index (χ2v) is 10.9. The smallest absolute Gasteiger partial charge is 0.338 e. The number of rotatable bonds is 6. The number of thiophene rings is 1. The van der Waals surface area contributed by atoms with Crippen molar-refractivity contribution in [3.05, 3.63) is 50.6 Å². The first kappa shape index (κ1) is 24.1. The van der Waals surface area contributed by atoms with E-state index in [9.17, 15) is 14.4 Å². The van der Waals surface area contributed by atoms with Gasteiger partial charge in [-0.3, -0.25) is 9.59 Å². The summed E-state index contributed by atoms with van der Waals surface area (Å²) >= 11 is 1.55. The van der Waals surface area contributed by atoms with E-state index in [1.165, 1.54) is 4.88 Å². The lowest BCUT2D eigenvalue weighted by atomic mass is 9.72. The predicted octanol–water partition coefficient (Wildman–Crippen LogP) is 4.21. The Balaban J connectivity index is 1.47. The maximum atomic E-state index is 13.2. The summed E-state index contributed by atoms with van der Waals surface area (Å²) in [5, 5.41) is 11.6. The van der Waals surface area contributed by atoms with Crippen LogP contribution in [0, 0.1) is 11.3 Å². The van der Waals surface area contributed by atoms with Gasteiger partial charge in [-0.15, -0.1) is 16.4 Å². The van der Waals surface area contributed by atoms with Gasteiger partial charge in [-0.05, 0) is 66.8 Å². The summed E-state index contributed by atoms with van der Waals surface area (Å²) in [6.07, 6.45) is 3.57. The Bertz CT molecular complexity index is 1270. The van der Waals surface area contributed by atoms with Gasteiger partial charge in [-0.2, -0.15) is 0 Å². The number of hydrogen-bond donors (Lipinski definition) is 1. The Hall–Kier alpha value is -3.07. The average molecular weight is 483 g/mol. The van der Waals surface area contributed by atoms with Crippen LogP contribution >= 0.6 is 11.3 Å². The highest BCUT2D eigenvalue weighted by molar-refractivity contribution is 7.18. The lowest BCUT2D eigenvalue weighted by Crippen LogP contribution is -2.31. The molecule has 34 heavy (non-hydrogen) atoms. The van der Waals surface area contributed by atoms with Crippen LogP contribution < -0.4 is 10.9 Å². The maximum Gasteiger partial charge on any atom is 0.338 e. The lowest BCUT2D eigenvalue weighted by molar-refractivity contribution is -0.117. The number of benzene rings is 1. The topological polar surface area (TPSA) is 103 Å². The molecule has 0 radical (unpaired) electrons. The van der Waals surface area contributed by atoms with Crippen molar-refractivity contribution in [1.29, 1.82) is 0 Å². The highest BCUT2D eigenvalue weighted by Gasteiger charge is 2.32. The minimum atomic E-state index is -0.400. The molecule has 1 N–H and O–H groups in total. The van der Waals surface area contributed by atoms with Gasteiger partial charge in [0.2, 0.25) is 5.91 Å². The molecule has 2 aromatic heterocycles. The molecule has 0 saturated heterocycles. The number of amides is 1. The Morgan fingerprint density at radius 1 is 1.24 bits per heavy atom. The summed E-state index contributed by atoms with van der Waals surface area (Å²) in [5.74, 6) is -0.231. The number of carbonyl (C=O) groups excluding carboxylic acids is 2. The van der Waals surface area contributed by atoms with E-state index in [1.807, 2.05) is 6.92 Å². The van der Waals surface area contributed by atoms with Crippen LogP contribution in [0.3, 0.4) is 0 Å². The third kappa shape index (κ3) is 5.04. The molecule has 0 bridgehead atoms. The second-order valence-electron chi connectivity index (χ2n) is 9.80. The number of nitrogens with one attached hydrogen (secondary N) is 1. The molecule has 1 aliphatic rings. The molecule has 0 saturated carbocycles. The number of hydrogen-bond acceptors (Lipinski definition) is 7. The molecule has 2 heterocycles. The maximum absolute atomic E-state index is 13.2. The Kier molecular flexibility index (Phi) is 6.84. The van der Waals surface area contributed by atoms with Gasteiger partial charge in [-0.25, -0.2) is 9.48 Å². The standard InChI is InChI=1S/C25H30N4O4S/c1-5-12-33-24(32)15-6-9-17(10-7-15)26-20(30)14-29-23(31)21-18-11-8-16(25(2,3)4)13-19(18)34-22(21)27-28-29/h6-7,9-10,16H,5,8,11-14H2,1-4H3,(H,26,30)/t16-/m0/s1. The third-order valence-electron chi connectivity index (χ3n) is 6.30. The van der Waals surface area contributed by atoms with Crippen molar-refractivity contribution in [3.63, 3.8) is 0 Å². The molecule has 0 aliphatic heterocycles. The number of carbonyl (C=O) groups is 2. The number of anilines is 1. The Morgan fingerprint density at radius 3 is 2.65 bits per heavy atom. The SMILES string of the molecule is CCCOC(=O)c1ccc(NC(=O)Cn2nnc3sc4c(c3c2=O)CC[C@H](C(C)(C)C)C4)cc1. The van der Waals surface area contributed by atoms with Gasteiger partial charge in [0.25, 0.3) is 5.56 Å². The molecule has 1 amide bonds. The molecule has 9 heteroatoms. The fourth-order valence-corrected chi connectivity index (χ4v) is 5.51. The van der Waals surface area contributed by atoms with Crippen molar-refractivity contribution < 1.29 is 14.3 Å². The first-order chi connectivity index (χ1) is 16.2. The number of nitrogens with zero attached hydrogens (tertiary/aromatic N) is 3. The minimum Gasteiger partial charge on any atom is -0.462 e. The quantitative estimate of drug-likeness (QED) is 0.528. The van der Waals surface area contributed by atoms with Gasteiger partial charge >= 0.3 is 5.97 Å². The molecule has 1 aliphatic carbocycles. The zero-order chi connectivity index (χ0) is 24.5. The molecule has 1 atom stereocenters. The van der Waals surface area contributed by atoms with Crippen molar-refractivity contribution in [2.45, 2.75) is 59.9 Å². The Morgan fingerprint density at radius 2 is 1.97 bits per heavy atom. The molecular weight excluding hydrogens is 452 g/mol. The third-order valence-corrected chi connectivity index (χ3v) is 7.44. The predicted molar refractivity (Wildman–Crippen MR) is 132 cm³/mol. The molecule has 180 valence electrons. The first-order valence-electron chi connectivity index (χ1n) is 11.6. The van der Waals surface area contributed by atoms with Gasteiger partial charge in [0, 0.05) is 10.6 Å². The van der Waals surface area contributed by atoms with Crippen LogP contribution in [0.25, 0.3) is 10.2 Å². The Labute approximate surface area is 202 Å². The number of aryl methyl sites for hydroxylation is 1. The summed E-state index contributed by atoms with van der Waals surface area (Å²) in [6.45, 7) is 8.82. The highest BCUT2D eigenvalue weighted by Crippen LogP contribution is 2.41. The van der Waals surface area contributed by atoms with Crippen LogP contribution in [0.5, 0.6) is 0 Å². The first-order valence-corrected chi connectivity index (χ1v) is 12.4. The van der Waals surface area contributed by atoms with Crippen LogP contribution in [0.15, 0.2) is 29.1 Å². The van der Waals surface area contributed by atoms with Crippen molar-refractivity contribution in [3.8, 4) is 0 Å². The fourth-order valence-electron chi connectivity index (χ4n) is 4.27. The van der Waals surface area contributed by atoms with Crippen LogP contribution in [0.2, 0.25) is 0 Å². The largest absolute Gasteiger partial charge is 0.462 e. The molecule has 3 aromatic rings. The summed E-state index contributed by atoms with van der Waals surface area (Å²) in [6, 6.07) is 6.43. The van der Waals surface area contributed by atoms with E-state index in [0.717, 1.165) is 35.9 Å². The molecule has 8 nitrogen and oxygen atoms in total. The molecule has 4 rings (SSSR count). The zero-order valence-electron chi connectivity index (χ0n) is 20.0. The summed E-state index contributed by atoms with van der Waals surface area (Å²) in [5.41, 5.74) is 1.93. The fraction of sp³-hybridized carbons (Fsp3) is 0.480. The van der Waals surface area contributed by atoms with Gasteiger partial charge in [0.15, 0.2) is 4.83 Å². The monoisotopic (exact) mass is 482 g/mol. The zero-order valence-corrected chi connectivity index (χ0v) is 20.8. The second kappa shape index (κ2) is 9.66. The summed E-state index contributed by atoms with van der Waals surface area (Å²) in [4.78, 5) is 39.5. The number of aromatic nitrogens is 3. The average Bonchev–Trinajstić information content (AvgIpc) is 3.18. The van der Waals surface area contributed by atoms with E-state index in [0.29, 0.717) is 34.0 Å². The highest BCUT2D eigenvalue weighted by atomic mass is 32.1. The van der Waals surface area contributed by atoms with E-state index in [4.69, 9.17) is 4.74 Å². The van der Waals surface area contributed by atoms with E-state index in [-0.39, 0.29) is 17.5 Å². The van der Waals surface area contributed by atoms with Gasteiger partial charge in [-0.1, -0.05) is 32.9 Å². The van der Waals surface area contributed by atoms with Crippen molar-refractivity contribution in [2.75, 3.05) is 11.9 Å². The van der Waals surface area contributed by atoms with Crippen LogP contribution in [0.4, 0.5) is 5.69 Å². The van der Waals surface area contributed by atoms with Crippen LogP contribution in [-0.2, 0) is 28.9 Å². The molecule has 0 unspecified atom stereocenters. The number of fused-ring (bicyclic) bond motifs is 3. The summed E-state index contributed by atoms with van der Waals surface area (Å²) in [7, 11) is 0. The van der Waals surface area contributed by atoms with Gasteiger partial charge < -0.3 is 10.1 Å². The normalized spacial score (nSPS) is 15.7. The van der Waals surface area contributed by atoms with Crippen molar-refractivity contribution >= 4 is 39.1 Å².